The van der Waals surface area contributed by atoms with Gasteiger partial charge in [-0.1, -0.05) is 6.07 Å². The van der Waals surface area contributed by atoms with Gasteiger partial charge in [0.15, 0.2) is 0 Å². The Balaban J connectivity index is 2.79. The SMILES string of the molecule is CNC(=O)c1cccc(NC(=O)[C@H](CCSC)NC(N)=O)c1. The van der Waals surface area contributed by atoms with Gasteiger partial charge in [-0.15, -0.1) is 0 Å². The van der Waals surface area contributed by atoms with E-state index in [-0.39, 0.29) is 11.8 Å². The minimum Gasteiger partial charge on any atom is -0.355 e. The lowest BCUT2D eigenvalue weighted by Crippen LogP contribution is -2.46. The second-order valence-corrected chi connectivity index (χ2v) is 5.48. The van der Waals surface area contributed by atoms with Crippen molar-refractivity contribution in [2.75, 3.05) is 24.4 Å². The number of nitrogens with two attached hydrogens (primary N) is 1. The Hall–Kier alpha value is -2.22. The smallest absolute Gasteiger partial charge is 0.312 e. The predicted molar refractivity (Wildman–Crippen MR) is 88.0 cm³/mol. The molecule has 1 atom stereocenters. The van der Waals surface area contributed by atoms with E-state index in [9.17, 15) is 14.4 Å². The van der Waals surface area contributed by atoms with Crippen molar-refractivity contribution in [1.29, 1.82) is 0 Å². The first kappa shape index (κ1) is 17.8. The molecule has 0 saturated carbocycles. The van der Waals surface area contributed by atoms with E-state index in [4.69, 9.17) is 5.73 Å². The number of anilines is 1. The number of primary amides is 1. The van der Waals surface area contributed by atoms with E-state index >= 15 is 0 Å². The van der Waals surface area contributed by atoms with Gasteiger partial charge in [-0.25, -0.2) is 4.79 Å². The Morgan fingerprint density at radius 3 is 2.64 bits per heavy atom. The Morgan fingerprint density at radius 2 is 2.05 bits per heavy atom. The maximum absolute atomic E-state index is 12.2. The summed E-state index contributed by atoms with van der Waals surface area (Å²) in [4.78, 5) is 34.8. The number of carbonyl (C=O) groups is 3. The predicted octanol–water partition coefficient (Wildman–Crippen LogP) is 0.775. The van der Waals surface area contributed by atoms with Gasteiger partial charge < -0.3 is 21.7 Å². The van der Waals surface area contributed by atoms with Crippen molar-refractivity contribution < 1.29 is 14.4 Å². The average Bonchev–Trinajstić information content (AvgIpc) is 2.50. The molecule has 1 aromatic rings. The summed E-state index contributed by atoms with van der Waals surface area (Å²) in [5.41, 5.74) is 6.00. The van der Waals surface area contributed by atoms with Crippen LogP contribution in [0.25, 0.3) is 0 Å². The molecular formula is C14H20N4O3S. The van der Waals surface area contributed by atoms with Gasteiger partial charge in [0.1, 0.15) is 6.04 Å². The number of hydrogen-bond acceptors (Lipinski definition) is 4. The van der Waals surface area contributed by atoms with E-state index in [1.165, 1.54) is 7.05 Å². The van der Waals surface area contributed by atoms with Crippen LogP contribution in [0.3, 0.4) is 0 Å². The molecule has 0 radical (unpaired) electrons. The van der Waals surface area contributed by atoms with E-state index in [1.807, 2.05) is 6.26 Å². The van der Waals surface area contributed by atoms with E-state index < -0.39 is 12.1 Å². The highest BCUT2D eigenvalue weighted by Gasteiger charge is 2.19. The van der Waals surface area contributed by atoms with Crippen LogP contribution < -0.4 is 21.7 Å². The Morgan fingerprint density at radius 1 is 1.32 bits per heavy atom. The summed E-state index contributed by atoms with van der Waals surface area (Å²) in [6.45, 7) is 0. The third-order valence-electron chi connectivity index (χ3n) is 2.86. The molecule has 7 nitrogen and oxygen atoms in total. The lowest BCUT2D eigenvalue weighted by Gasteiger charge is -2.17. The lowest BCUT2D eigenvalue weighted by atomic mass is 10.1. The average molecular weight is 324 g/mol. The second-order valence-electron chi connectivity index (χ2n) is 4.49. The second kappa shape index (κ2) is 8.93. The number of thioether (sulfide) groups is 1. The van der Waals surface area contributed by atoms with Crippen LogP contribution in [-0.2, 0) is 4.79 Å². The first-order chi connectivity index (χ1) is 10.5. The number of hydrogen-bond donors (Lipinski definition) is 4. The first-order valence-corrected chi connectivity index (χ1v) is 8.05. The summed E-state index contributed by atoms with van der Waals surface area (Å²) >= 11 is 1.57. The first-order valence-electron chi connectivity index (χ1n) is 6.65. The topological polar surface area (TPSA) is 113 Å². The normalized spacial score (nSPS) is 11.4. The van der Waals surface area contributed by atoms with Gasteiger partial charge in [-0.05, 0) is 36.6 Å². The van der Waals surface area contributed by atoms with E-state index in [0.29, 0.717) is 23.4 Å². The van der Waals surface area contributed by atoms with Crippen LogP contribution in [0.5, 0.6) is 0 Å². The van der Waals surface area contributed by atoms with E-state index in [0.717, 1.165) is 0 Å². The molecule has 1 rings (SSSR count). The number of benzene rings is 1. The van der Waals surface area contributed by atoms with Crippen LogP contribution >= 0.6 is 11.8 Å². The van der Waals surface area contributed by atoms with Gasteiger partial charge in [0.25, 0.3) is 5.91 Å². The fourth-order valence-electron chi connectivity index (χ4n) is 1.79. The molecule has 120 valence electrons. The number of urea groups is 1. The summed E-state index contributed by atoms with van der Waals surface area (Å²) < 4.78 is 0. The molecule has 5 N–H and O–H groups in total. The molecule has 0 aliphatic carbocycles. The standard InChI is InChI=1S/C14H20N4O3S/c1-16-12(19)9-4-3-5-10(8-9)17-13(20)11(6-7-22-2)18-14(15)21/h3-5,8,11H,6-7H2,1-2H3,(H,16,19)(H,17,20)(H3,15,18,21)/t11-/m0/s1. The Bertz CT molecular complexity index is 551. The van der Waals surface area contributed by atoms with Gasteiger partial charge >= 0.3 is 6.03 Å². The fourth-order valence-corrected chi connectivity index (χ4v) is 2.26. The summed E-state index contributed by atoms with van der Waals surface area (Å²) in [5.74, 6) is 0.0867. The van der Waals surface area contributed by atoms with Crippen molar-refractivity contribution in [3.05, 3.63) is 29.8 Å². The lowest BCUT2D eigenvalue weighted by molar-refractivity contribution is -0.117. The van der Waals surface area contributed by atoms with Gasteiger partial charge in [0.2, 0.25) is 5.91 Å². The van der Waals surface area contributed by atoms with Crippen molar-refractivity contribution in [1.82, 2.24) is 10.6 Å². The molecule has 0 aliphatic rings. The highest BCUT2D eigenvalue weighted by atomic mass is 32.2. The van der Waals surface area contributed by atoms with Crippen LogP contribution in [0.2, 0.25) is 0 Å². The molecule has 0 unspecified atom stereocenters. The molecule has 0 fully saturated rings. The molecule has 0 saturated heterocycles. The molecule has 0 heterocycles. The van der Waals surface area contributed by atoms with Crippen LogP contribution in [0.15, 0.2) is 24.3 Å². The number of carbonyl (C=O) groups excluding carboxylic acids is 3. The zero-order valence-electron chi connectivity index (χ0n) is 12.5. The quantitative estimate of drug-likeness (QED) is 0.593. The van der Waals surface area contributed by atoms with Crippen LogP contribution in [0, 0.1) is 0 Å². The largest absolute Gasteiger partial charge is 0.355 e. The molecular weight excluding hydrogens is 304 g/mol. The molecule has 0 spiro atoms. The number of rotatable bonds is 7. The van der Waals surface area contributed by atoms with Gasteiger partial charge in [0.05, 0.1) is 0 Å². The summed E-state index contributed by atoms with van der Waals surface area (Å²) in [6, 6.07) is 5.07. The maximum Gasteiger partial charge on any atom is 0.312 e. The highest BCUT2D eigenvalue weighted by Crippen LogP contribution is 2.12. The van der Waals surface area contributed by atoms with Crippen LogP contribution in [-0.4, -0.2) is 42.9 Å². The van der Waals surface area contributed by atoms with Gasteiger partial charge in [-0.2, -0.15) is 11.8 Å². The zero-order chi connectivity index (χ0) is 16.5. The van der Waals surface area contributed by atoms with Gasteiger partial charge in [-0.3, -0.25) is 9.59 Å². The molecule has 8 heteroatoms. The van der Waals surface area contributed by atoms with Crippen molar-refractivity contribution in [2.45, 2.75) is 12.5 Å². The third kappa shape index (κ3) is 5.65. The number of amides is 4. The van der Waals surface area contributed by atoms with Crippen LogP contribution in [0.1, 0.15) is 16.8 Å². The summed E-state index contributed by atoms with van der Waals surface area (Å²) in [6.07, 6.45) is 2.37. The third-order valence-corrected chi connectivity index (χ3v) is 3.51. The highest BCUT2D eigenvalue weighted by molar-refractivity contribution is 7.98. The molecule has 0 aliphatic heterocycles. The van der Waals surface area contributed by atoms with Crippen LogP contribution in [0.4, 0.5) is 10.5 Å². The molecule has 22 heavy (non-hydrogen) atoms. The maximum atomic E-state index is 12.2. The molecule has 1 aromatic carbocycles. The summed E-state index contributed by atoms with van der Waals surface area (Å²) in [5, 5.41) is 7.61. The minimum absolute atomic E-state index is 0.245. The van der Waals surface area contributed by atoms with Gasteiger partial charge in [0, 0.05) is 18.3 Å². The van der Waals surface area contributed by atoms with E-state index in [1.54, 1.807) is 36.0 Å². The molecule has 0 bridgehead atoms. The van der Waals surface area contributed by atoms with E-state index in [2.05, 4.69) is 16.0 Å². The van der Waals surface area contributed by atoms with Crippen molar-refractivity contribution in [2.24, 2.45) is 5.73 Å². The summed E-state index contributed by atoms with van der Waals surface area (Å²) in [7, 11) is 1.53. The van der Waals surface area contributed by atoms with Crippen molar-refractivity contribution in [3.63, 3.8) is 0 Å². The number of nitrogens with one attached hydrogen (secondary N) is 3. The van der Waals surface area contributed by atoms with Crippen molar-refractivity contribution in [3.8, 4) is 0 Å². The Labute approximate surface area is 133 Å². The minimum atomic E-state index is -0.750. The Kier molecular flexibility index (Phi) is 7.24. The molecule has 4 amide bonds. The fraction of sp³-hybridized carbons (Fsp3) is 0.357. The monoisotopic (exact) mass is 324 g/mol. The van der Waals surface area contributed by atoms with Crippen molar-refractivity contribution >= 4 is 35.3 Å². The molecule has 0 aromatic heterocycles. The zero-order valence-corrected chi connectivity index (χ0v) is 13.3.